The van der Waals surface area contributed by atoms with E-state index in [-0.39, 0.29) is 24.0 Å². The Morgan fingerprint density at radius 1 is 1.24 bits per heavy atom. The minimum absolute atomic E-state index is 0.156. The van der Waals surface area contributed by atoms with E-state index in [1.807, 2.05) is 0 Å². The molecule has 0 aliphatic rings. The summed E-state index contributed by atoms with van der Waals surface area (Å²) in [5.74, 6) is 0.429. The van der Waals surface area contributed by atoms with Crippen LogP contribution in [-0.4, -0.2) is 29.8 Å². The molecular formula is C20H19FN6O2. The van der Waals surface area contributed by atoms with E-state index in [1.54, 1.807) is 42.8 Å². The molecule has 29 heavy (non-hydrogen) atoms. The number of hydrogen-bond acceptors (Lipinski definition) is 7. The number of oxazole rings is 1. The third-order valence-corrected chi connectivity index (χ3v) is 4.42. The Morgan fingerprint density at radius 3 is 2.69 bits per heavy atom. The number of nitrogens with two attached hydrogens (primary N) is 1. The number of nitrogens with zero attached hydrogens (tertiary/aromatic N) is 5. The Balaban J connectivity index is 1.78. The molecule has 148 valence electrons. The first-order valence-corrected chi connectivity index (χ1v) is 8.90. The van der Waals surface area contributed by atoms with Crippen molar-refractivity contribution in [1.29, 1.82) is 0 Å². The molecule has 0 saturated carbocycles. The SMILES string of the molecule is CC(C)(O)c1cnc(-c2cc(-c3ncco3)n(Cc3ccccc3F)n2)nc1N. The second kappa shape index (κ2) is 7.10. The lowest BCUT2D eigenvalue weighted by Crippen LogP contribution is -2.19. The normalized spacial score (nSPS) is 11.7. The van der Waals surface area contributed by atoms with Crippen LogP contribution in [-0.2, 0) is 12.1 Å². The van der Waals surface area contributed by atoms with Crippen molar-refractivity contribution in [2.24, 2.45) is 0 Å². The van der Waals surface area contributed by atoms with E-state index >= 15 is 0 Å². The maximum Gasteiger partial charge on any atom is 0.244 e. The highest BCUT2D eigenvalue weighted by molar-refractivity contribution is 5.61. The Hall–Kier alpha value is -3.59. The molecule has 0 fully saturated rings. The fourth-order valence-corrected chi connectivity index (χ4v) is 2.95. The van der Waals surface area contributed by atoms with E-state index < -0.39 is 5.60 Å². The molecule has 1 aromatic carbocycles. The van der Waals surface area contributed by atoms with Gasteiger partial charge in [-0.25, -0.2) is 19.3 Å². The van der Waals surface area contributed by atoms with Gasteiger partial charge in [0, 0.05) is 23.4 Å². The molecule has 3 aromatic heterocycles. The van der Waals surface area contributed by atoms with Gasteiger partial charge in [-0.3, -0.25) is 4.68 Å². The minimum atomic E-state index is -1.17. The zero-order valence-corrected chi connectivity index (χ0v) is 15.9. The molecule has 0 aliphatic heterocycles. The second-order valence-electron chi connectivity index (χ2n) is 7.05. The third kappa shape index (κ3) is 3.72. The van der Waals surface area contributed by atoms with Crippen LogP contribution >= 0.6 is 0 Å². The van der Waals surface area contributed by atoms with Crippen LogP contribution in [0.2, 0.25) is 0 Å². The fraction of sp³-hybridized carbons (Fsp3) is 0.200. The Bertz CT molecular complexity index is 1150. The zero-order valence-electron chi connectivity index (χ0n) is 15.9. The van der Waals surface area contributed by atoms with Gasteiger partial charge in [0.15, 0.2) is 5.82 Å². The molecule has 0 spiro atoms. The first kappa shape index (κ1) is 18.8. The molecule has 9 heteroatoms. The minimum Gasteiger partial charge on any atom is -0.443 e. The largest absolute Gasteiger partial charge is 0.443 e. The topological polar surface area (TPSA) is 116 Å². The summed E-state index contributed by atoms with van der Waals surface area (Å²) in [4.78, 5) is 12.7. The molecule has 8 nitrogen and oxygen atoms in total. The molecule has 3 heterocycles. The van der Waals surface area contributed by atoms with Gasteiger partial charge in [-0.15, -0.1) is 0 Å². The molecule has 0 atom stereocenters. The summed E-state index contributed by atoms with van der Waals surface area (Å²) in [5, 5.41) is 14.7. The van der Waals surface area contributed by atoms with Crippen molar-refractivity contribution in [3.8, 4) is 23.1 Å². The maximum absolute atomic E-state index is 14.1. The van der Waals surface area contributed by atoms with E-state index in [1.165, 1.54) is 24.7 Å². The molecular weight excluding hydrogens is 375 g/mol. The predicted octanol–water partition coefficient (Wildman–Crippen LogP) is 2.99. The van der Waals surface area contributed by atoms with Crippen LogP contribution in [0.1, 0.15) is 25.0 Å². The molecule has 4 rings (SSSR count). The number of aliphatic hydroxyl groups is 1. The number of rotatable bonds is 5. The van der Waals surface area contributed by atoms with Gasteiger partial charge in [-0.05, 0) is 19.9 Å². The van der Waals surface area contributed by atoms with Crippen molar-refractivity contribution in [3.63, 3.8) is 0 Å². The third-order valence-electron chi connectivity index (χ3n) is 4.42. The molecule has 4 aromatic rings. The zero-order chi connectivity index (χ0) is 20.6. The van der Waals surface area contributed by atoms with Gasteiger partial charge in [0.05, 0.1) is 18.3 Å². The number of aromatic nitrogens is 5. The van der Waals surface area contributed by atoms with Crippen molar-refractivity contribution in [3.05, 3.63) is 65.9 Å². The van der Waals surface area contributed by atoms with E-state index in [0.717, 1.165) is 0 Å². The first-order valence-electron chi connectivity index (χ1n) is 8.90. The van der Waals surface area contributed by atoms with Crippen LogP contribution in [0.3, 0.4) is 0 Å². The number of hydrogen-bond donors (Lipinski definition) is 2. The molecule has 0 saturated heterocycles. The summed E-state index contributed by atoms with van der Waals surface area (Å²) in [7, 11) is 0. The maximum atomic E-state index is 14.1. The van der Waals surface area contributed by atoms with Gasteiger partial charge in [0.1, 0.15) is 29.3 Å². The summed E-state index contributed by atoms with van der Waals surface area (Å²) >= 11 is 0. The predicted molar refractivity (Wildman–Crippen MR) is 104 cm³/mol. The van der Waals surface area contributed by atoms with Gasteiger partial charge >= 0.3 is 0 Å². The smallest absolute Gasteiger partial charge is 0.244 e. The van der Waals surface area contributed by atoms with Gasteiger partial charge < -0.3 is 15.3 Å². The molecule has 0 bridgehead atoms. The number of nitrogen functional groups attached to an aromatic ring is 1. The van der Waals surface area contributed by atoms with Crippen LogP contribution < -0.4 is 5.73 Å². The number of benzene rings is 1. The monoisotopic (exact) mass is 394 g/mol. The fourth-order valence-electron chi connectivity index (χ4n) is 2.95. The van der Waals surface area contributed by atoms with Gasteiger partial charge in [-0.1, -0.05) is 18.2 Å². The highest BCUT2D eigenvalue weighted by atomic mass is 19.1. The number of anilines is 1. The lowest BCUT2D eigenvalue weighted by atomic mass is 10.0. The summed E-state index contributed by atoms with van der Waals surface area (Å²) in [6, 6.07) is 8.16. The van der Waals surface area contributed by atoms with Crippen LogP contribution in [0.4, 0.5) is 10.2 Å². The average Bonchev–Trinajstić information content (AvgIpc) is 3.32. The highest BCUT2D eigenvalue weighted by Gasteiger charge is 2.23. The first-order chi connectivity index (χ1) is 13.8. The van der Waals surface area contributed by atoms with E-state index in [2.05, 4.69) is 20.1 Å². The van der Waals surface area contributed by atoms with Crippen molar-refractivity contribution in [2.45, 2.75) is 26.0 Å². The van der Waals surface area contributed by atoms with Crippen LogP contribution in [0.15, 0.2) is 53.4 Å². The standard InChI is InChI=1S/C20H19FN6O2/c1-20(2,28)13-10-24-18(25-17(13)22)15-9-16(19-23-7-8-29-19)27(26-15)11-12-5-3-4-6-14(12)21/h3-10,28H,11H2,1-2H3,(H2,22,24,25). The van der Waals surface area contributed by atoms with E-state index in [4.69, 9.17) is 10.2 Å². The highest BCUT2D eigenvalue weighted by Crippen LogP contribution is 2.28. The summed E-state index contributed by atoms with van der Waals surface area (Å²) < 4.78 is 21.1. The molecule has 0 unspecified atom stereocenters. The number of halogens is 1. The van der Waals surface area contributed by atoms with E-state index in [0.29, 0.717) is 28.4 Å². The van der Waals surface area contributed by atoms with Gasteiger partial charge in [0.25, 0.3) is 0 Å². The lowest BCUT2D eigenvalue weighted by molar-refractivity contribution is 0.0787. The quantitative estimate of drug-likeness (QED) is 0.534. The summed E-state index contributed by atoms with van der Waals surface area (Å²) in [5.41, 5.74) is 6.68. The van der Waals surface area contributed by atoms with Crippen molar-refractivity contribution < 1.29 is 13.9 Å². The Morgan fingerprint density at radius 2 is 2.03 bits per heavy atom. The Kier molecular flexibility index (Phi) is 4.59. The second-order valence-corrected chi connectivity index (χ2v) is 7.05. The van der Waals surface area contributed by atoms with E-state index in [9.17, 15) is 9.50 Å². The van der Waals surface area contributed by atoms with Gasteiger partial charge in [-0.2, -0.15) is 5.10 Å². The van der Waals surface area contributed by atoms with Crippen LogP contribution in [0.25, 0.3) is 23.1 Å². The van der Waals surface area contributed by atoms with Crippen LogP contribution in [0.5, 0.6) is 0 Å². The van der Waals surface area contributed by atoms with Crippen molar-refractivity contribution in [1.82, 2.24) is 24.7 Å². The van der Waals surface area contributed by atoms with Crippen LogP contribution in [0, 0.1) is 5.82 Å². The molecule has 0 amide bonds. The Labute approximate surface area is 165 Å². The lowest BCUT2D eigenvalue weighted by Gasteiger charge is -2.18. The molecule has 3 N–H and O–H groups in total. The summed E-state index contributed by atoms with van der Waals surface area (Å²) in [6.45, 7) is 3.37. The van der Waals surface area contributed by atoms with Crippen molar-refractivity contribution in [2.75, 3.05) is 5.73 Å². The molecule has 0 aliphatic carbocycles. The van der Waals surface area contributed by atoms with Crippen molar-refractivity contribution >= 4 is 5.82 Å². The summed E-state index contributed by atoms with van der Waals surface area (Å²) in [6.07, 6.45) is 4.43. The molecule has 0 radical (unpaired) electrons. The van der Waals surface area contributed by atoms with Gasteiger partial charge in [0.2, 0.25) is 5.89 Å². The average molecular weight is 394 g/mol.